The first-order valence-corrected chi connectivity index (χ1v) is 5.63. The highest BCUT2D eigenvalue weighted by atomic mass is 32.2. The van der Waals surface area contributed by atoms with E-state index in [1.54, 1.807) is 11.8 Å². The number of nitrogens with zero attached hydrogens (tertiary/aromatic N) is 1. The van der Waals surface area contributed by atoms with Gasteiger partial charge in [-0.3, -0.25) is 0 Å². The normalized spacial score (nSPS) is 14.4. The van der Waals surface area contributed by atoms with E-state index < -0.39 is 0 Å². The molecular formula is C12H15NS. The van der Waals surface area contributed by atoms with Crippen LogP contribution in [0.4, 0.5) is 0 Å². The number of benzene rings is 1. The van der Waals surface area contributed by atoms with Crippen LogP contribution >= 0.6 is 11.8 Å². The first kappa shape index (κ1) is 11.1. The monoisotopic (exact) mass is 205 g/mol. The lowest BCUT2D eigenvalue weighted by molar-refractivity contribution is 0.635. The topological polar surface area (TPSA) is 23.8 Å². The van der Waals surface area contributed by atoms with Crippen LogP contribution in [-0.2, 0) is 0 Å². The van der Waals surface area contributed by atoms with Crippen molar-refractivity contribution in [2.45, 2.75) is 36.3 Å². The van der Waals surface area contributed by atoms with Crippen molar-refractivity contribution in [1.82, 2.24) is 0 Å². The summed E-state index contributed by atoms with van der Waals surface area (Å²) in [7, 11) is 0. The quantitative estimate of drug-likeness (QED) is 0.697. The third-order valence-electron chi connectivity index (χ3n) is 2.31. The average molecular weight is 205 g/mol. The Labute approximate surface area is 90.1 Å². The van der Waals surface area contributed by atoms with Gasteiger partial charge >= 0.3 is 0 Å². The Hall–Kier alpha value is -0.940. The Morgan fingerprint density at radius 2 is 2.00 bits per heavy atom. The van der Waals surface area contributed by atoms with Crippen molar-refractivity contribution >= 4 is 11.8 Å². The molecule has 2 heteroatoms. The average Bonchev–Trinajstić information content (AvgIpc) is 2.20. The molecule has 0 amide bonds. The van der Waals surface area contributed by atoms with Gasteiger partial charge < -0.3 is 0 Å². The van der Waals surface area contributed by atoms with E-state index in [1.165, 1.54) is 4.90 Å². The summed E-state index contributed by atoms with van der Waals surface area (Å²) in [5, 5.41) is 8.75. The second-order valence-electron chi connectivity index (χ2n) is 3.55. The Morgan fingerprint density at radius 3 is 2.50 bits per heavy atom. The number of hydrogen-bond acceptors (Lipinski definition) is 2. The van der Waals surface area contributed by atoms with Gasteiger partial charge in [0.05, 0.1) is 6.07 Å². The van der Waals surface area contributed by atoms with E-state index >= 15 is 0 Å². The van der Waals surface area contributed by atoms with Crippen LogP contribution in [0, 0.1) is 11.3 Å². The maximum atomic E-state index is 8.75. The molecule has 0 saturated carbocycles. The Morgan fingerprint density at radius 1 is 1.36 bits per heavy atom. The number of nitriles is 1. The van der Waals surface area contributed by atoms with E-state index in [1.807, 2.05) is 18.2 Å². The lowest BCUT2D eigenvalue weighted by Gasteiger charge is -2.24. The molecule has 14 heavy (non-hydrogen) atoms. The molecule has 1 nitrogen and oxygen atoms in total. The minimum absolute atomic E-state index is 0.0517. The predicted molar refractivity (Wildman–Crippen MR) is 61.2 cm³/mol. The van der Waals surface area contributed by atoms with Crippen molar-refractivity contribution in [1.29, 1.82) is 5.26 Å². The van der Waals surface area contributed by atoms with Gasteiger partial charge in [-0.25, -0.2) is 0 Å². The molecule has 0 N–H and O–H groups in total. The minimum Gasteiger partial charge on any atom is -0.198 e. The SMILES string of the molecule is CCC(C)(CC#N)Sc1ccccc1. The fraction of sp³-hybridized carbons (Fsp3) is 0.417. The summed E-state index contributed by atoms with van der Waals surface area (Å²) in [5.41, 5.74) is 0. The van der Waals surface area contributed by atoms with Crippen LogP contribution in [0.3, 0.4) is 0 Å². The van der Waals surface area contributed by atoms with E-state index in [-0.39, 0.29) is 4.75 Å². The van der Waals surface area contributed by atoms with Gasteiger partial charge in [0, 0.05) is 16.1 Å². The molecule has 0 aliphatic rings. The van der Waals surface area contributed by atoms with Crippen LogP contribution in [0.2, 0.25) is 0 Å². The summed E-state index contributed by atoms with van der Waals surface area (Å²) in [6.45, 7) is 4.28. The summed E-state index contributed by atoms with van der Waals surface area (Å²) in [6, 6.07) is 12.5. The summed E-state index contributed by atoms with van der Waals surface area (Å²) >= 11 is 1.79. The molecule has 1 unspecified atom stereocenters. The van der Waals surface area contributed by atoms with Gasteiger partial charge in [-0.05, 0) is 25.5 Å². The Kier molecular flexibility index (Phi) is 4.03. The predicted octanol–water partition coefficient (Wildman–Crippen LogP) is 3.86. The molecule has 0 aliphatic carbocycles. The molecule has 74 valence electrons. The van der Waals surface area contributed by atoms with E-state index in [0.29, 0.717) is 6.42 Å². The Bertz CT molecular complexity index is 315. The number of thioether (sulfide) groups is 1. The van der Waals surface area contributed by atoms with E-state index in [0.717, 1.165) is 6.42 Å². The molecule has 0 aromatic heterocycles. The summed E-state index contributed by atoms with van der Waals surface area (Å²) < 4.78 is 0.0517. The third-order valence-corrected chi connectivity index (χ3v) is 3.74. The highest BCUT2D eigenvalue weighted by Gasteiger charge is 2.22. The van der Waals surface area contributed by atoms with Crippen molar-refractivity contribution in [2.75, 3.05) is 0 Å². The third kappa shape index (κ3) is 3.08. The minimum atomic E-state index is 0.0517. The van der Waals surface area contributed by atoms with Gasteiger partial charge in [0.2, 0.25) is 0 Å². The summed E-state index contributed by atoms with van der Waals surface area (Å²) in [6.07, 6.45) is 1.61. The van der Waals surface area contributed by atoms with Gasteiger partial charge in [0.1, 0.15) is 0 Å². The lowest BCUT2D eigenvalue weighted by atomic mass is 10.1. The highest BCUT2D eigenvalue weighted by Crippen LogP contribution is 2.37. The highest BCUT2D eigenvalue weighted by molar-refractivity contribution is 8.00. The van der Waals surface area contributed by atoms with Crippen LogP contribution in [0.15, 0.2) is 35.2 Å². The largest absolute Gasteiger partial charge is 0.198 e. The smallest absolute Gasteiger partial charge is 0.0636 e. The van der Waals surface area contributed by atoms with Crippen LogP contribution in [0.5, 0.6) is 0 Å². The molecule has 1 atom stereocenters. The second kappa shape index (κ2) is 5.07. The fourth-order valence-corrected chi connectivity index (χ4v) is 2.32. The number of rotatable bonds is 4. The molecule has 0 spiro atoms. The van der Waals surface area contributed by atoms with Crippen LogP contribution in [-0.4, -0.2) is 4.75 Å². The molecule has 0 radical (unpaired) electrons. The molecule has 1 aromatic rings. The van der Waals surface area contributed by atoms with Crippen LogP contribution in [0.25, 0.3) is 0 Å². The summed E-state index contributed by atoms with van der Waals surface area (Å²) in [4.78, 5) is 1.24. The maximum Gasteiger partial charge on any atom is 0.0636 e. The molecular weight excluding hydrogens is 190 g/mol. The van der Waals surface area contributed by atoms with Crippen molar-refractivity contribution in [3.63, 3.8) is 0 Å². The zero-order valence-corrected chi connectivity index (χ0v) is 9.47. The fourth-order valence-electron chi connectivity index (χ4n) is 1.17. The van der Waals surface area contributed by atoms with Gasteiger partial charge in [-0.1, -0.05) is 25.1 Å². The van der Waals surface area contributed by atoms with Crippen LogP contribution < -0.4 is 0 Å². The molecule has 0 heterocycles. The Balaban J connectivity index is 2.71. The van der Waals surface area contributed by atoms with Crippen molar-refractivity contribution in [3.8, 4) is 6.07 Å². The van der Waals surface area contributed by atoms with Crippen molar-refractivity contribution < 1.29 is 0 Å². The van der Waals surface area contributed by atoms with E-state index in [9.17, 15) is 0 Å². The lowest BCUT2D eigenvalue weighted by Crippen LogP contribution is -2.17. The first-order chi connectivity index (χ1) is 6.70. The van der Waals surface area contributed by atoms with Crippen molar-refractivity contribution in [3.05, 3.63) is 30.3 Å². The zero-order valence-electron chi connectivity index (χ0n) is 8.66. The first-order valence-electron chi connectivity index (χ1n) is 4.81. The van der Waals surface area contributed by atoms with Crippen LogP contribution in [0.1, 0.15) is 26.7 Å². The van der Waals surface area contributed by atoms with E-state index in [2.05, 4.69) is 32.0 Å². The molecule has 0 fully saturated rings. The molecule has 0 saturated heterocycles. The van der Waals surface area contributed by atoms with Gasteiger partial charge in [-0.2, -0.15) is 5.26 Å². The number of hydrogen-bond donors (Lipinski definition) is 0. The molecule has 1 aromatic carbocycles. The van der Waals surface area contributed by atoms with Gasteiger partial charge in [0.25, 0.3) is 0 Å². The zero-order chi connectivity index (χ0) is 10.4. The summed E-state index contributed by atoms with van der Waals surface area (Å²) in [5.74, 6) is 0. The standard InChI is InChI=1S/C12H15NS/c1-3-12(2,9-10-13)14-11-7-5-4-6-8-11/h4-8H,3,9H2,1-2H3. The maximum absolute atomic E-state index is 8.75. The van der Waals surface area contributed by atoms with Crippen molar-refractivity contribution in [2.24, 2.45) is 0 Å². The molecule has 0 bridgehead atoms. The van der Waals surface area contributed by atoms with E-state index in [4.69, 9.17) is 5.26 Å². The second-order valence-corrected chi connectivity index (χ2v) is 5.21. The van der Waals surface area contributed by atoms with Gasteiger partial charge in [0.15, 0.2) is 0 Å². The molecule has 1 rings (SSSR count). The van der Waals surface area contributed by atoms with Gasteiger partial charge in [-0.15, -0.1) is 11.8 Å². The molecule has 0 aliphatic heterocycles.